The van der Waals surface area contributed by atoms with Crippen molar-refractivity contribution in [3.63, 3.8) is 0 Å². The summed E-state index contributed by atoms with van der Waals surface area (Å²) in [5.41, 5.74) is 6.74. The van der Waals surface area contributed by atoms with Crippen molar-refractivity contribution in [1.29, 1.82) is 0 Å². The van der Waals surface area contributed by atoms with Crippen molar-refractivity contribution in [2.45, 2.75) is 0 Å². The highest BCUT2D eigenvalue weighted by atomic mass is 35.5. The van der Waals surface area contributed by atoms with Crippen LogP contribution in [0.3, 0.4) is 0 Å². The van der Waals surface area contributed by atoms with E-state index in [9.17, 15) is 0 Å². The Bertz CT molecular complexity index is 685. The molecule has 0 radical (unpaired) electrons. The van der Waals surface area contributed by atoms with Gasteiger partial charge in [0.1, 0.15) is 0 Å². The molecule has 0 saturated carbocycles. The molecule has 0 fully saturated rings. The van der Waals surface area contributed by atoms with Crippen LogP contribution < -0.4 is 5.73 Å². The van der Waals surface area contributed by atoms with Crippen LogP contribution in [-0.4, -0.2) is 34.5 Å². The molecule has 0 atom stereocenters. The maximum Gasteiger partial charge on any atom is 0.251 e. The molecule has 17 heavy (non-hydrogen) atoms. The molecule has 0 spiro atoms. The molecule has 3 aromatic heterocycles. The Balaban J connectivity index is 2.36. The van der Waals surface area contributed by atoms with Crippen LogP contribution in [0.1, 0.15) is 0 Å². The van der Waals surface area contributed by atoms with Crippen LogP contribution in [0, 0.1) is 0 Å². The Morgan fingerprint density at radius 3 is 2.59 bits per heavy atom. The van der Waals surface area contributed by atoms with Gasteiger partial charge in [-0.05, 0) is 11.6 Å². The van der Waals surface area contributed by atoms with Gasteiger partial charge in [0, 0.05) is 7.05 Å². The van der Waals surface area contributed by atoms with Crippen LogP contribution >= 0.6 is 11.6 Å². The molecular formula is C8H7ClN8. The van der Waals surface area contributed by atoms with Gasteiger partial charge in [0.05, 0.1) is 12.4 Å². The fourth-order valence-corrected chi connectivity index (χ4v) is 1.71. The summed E-state index contributed by atoms with van der Waals surface area (Å²) in [6.07, 6.45) is 3.11. The van der Waals surface area contributed by atoms with Crippen LogP contribution in [0.25, 0.3) is 17.1 Å². The van der Waals surface area contributed by atoms with Crippen molar-refractivity contribution >= 4 is 28.6 Å². The SMILES string of the molecule is Cn1c(-n2nccn2)nc2c(N)nc(Cl)nc21. The van der Waals surface area contributed by atoms with E-state index in [1.54, 1.807) is 24.0 Å². The van der Waals surface area contributed by atoms with E-state index in [2.05, 4.69) is 25.1 Å². The van der Waals surface area contributed by atoms with Gasteiger partial charge in [-0.2, -0.15) is 20.2 Å². The van der Waals surface area contributed by atoms with Gasteiger partial charge < -0.3 is 5.73 Å². The van der Waals surface area contributed by atoms with Gasteiger partial charge in [-0.3, -0.25) is 4.57 Å². The third-order valence-corrected chi connectivity index (χ3v) is 2.46. The molecule has 3 rings (SSSR count). The van der Waals surface area contributed by atoms with Gasteiger partial charge in [0.25, 0.3) is 5.95 Å². The summed E-state index contributed by atoms with van der Waals surface area (Å²) < 4.78 is 1.69. The van der Waals surface area contributed by atoms with Gasteiger partial charge in [-0.1, -0.05) is 0 Å². The van der Waals surface area contributed by atoms with E-state index in [0.717, 1.165) is 0 Å². The van der Waals surface area contributed by atoms with Crippen molar-refractivity contribution < 1.29 is 0 Å². The van der Waals surface area contributed by atoms with E-state index < -0.39 is 0 Å². The van der Waals surface area contributed by atoms with Gasteiger partial charge >= 0.3 is 0 Å². The largest absolute Gasteiger partial charge is 0.382 e. The number of nitrogens with zero attached hydrogens (tertiary/aromatic N) is 7. The Labute approximate surface area is 100 Å². The van der Waals surface area contributed by atoms with Gasteiger partial charge in [-0.15, -0.1) is 4.80 Å². The predicted octanol–water partition coefficient (Wildman–Crippen LogP) is 0.180. The highest BCUT2D eigenvalue weighted by molar-refractivity contribution is 6.28. The lowest BCUT2D eigenvalue weighted by atomic mass is 10.5. The number of nitrogens with two attached hydrogens (primary N) is 1. The number of aryl methyl sites for hydroxylation is 1. The number of hydrogen-bond donors (Lipinski definition) is 1. The molecule has 0 aliphatic carbocycles. The van der Waals surface area contributed by atoms with E-state index in [1.165, 1.54) is 4.80 Å². The lowest BCUT2D eigenvalue weighted by Crippen LogP contribution is -2.06. The molecule has 0 unspecified atom stereocenters. The third-order valence-electron chi connectivity index (χ3n) is 2.29. The molecule has 0 saturated heterocycles. The van der Waals surface area contributed by atoms with Crippen molar-refractivity contribution in [2.24, 2.45) is 7.05 Å². The monoisotopic (exact) mass is 250 g/mol. The minimum Gasteiger partial charge on any atom is -0.382 e. The summed E-state index contributed by atoms with van der Waals surface area (Å²) in [5.74, 6) is 0.724. The average Bonchev–Trinajstić information content (AvgIpc) is 2.87. The minimum absolute atomic E-state index is 0.0815. The Morgan fingerprint density at radius 2 is 1.88 bits per heavy atom. The van der Waals surface area contributed by atoms with Crippen molar-refractivity contribution in [3.8, 4) is 5.95 Å². The molecule has 0 aliphatic rings. The maximum atomic E-state index is 5.75. The first-order valence-corrected chi connectivity index (χ1v) is 5.07. The van der Waals surface area contributed by atoms with Crippen LogP contribution in [-0.2, 0) is 7.05 Å². The molecule has 0 amide bonds. The zero-order valence-corrected chi connectivity index (χ0v) is 9.50. The lowest BCUT2D eigenvalue weighted by molar-refractivity contribution is 0.674. The number of halogens is 1. The second kappa shape index (κ2) is 3.39. The molecule has 86 valence electrons. The molecule has 3 aromatic rings. The number of fused-ring (bicyclic) bond motifs is 1. The molecule has 8 nitrogen and oxygen atoms in total. The first-order chi connectivity index (χ1) is 8.16. The number of nitrogen functional groups attached to an aromatic ring is 1. The standard InChI is InChI=1S/C8H7ClN8/c1-16-6-4(5(10)14-7(9)15-6)13-8(16)17-11-2-3-12-17/h2-3H,1H3,(H2,10,14,15). The first kappa shape index (κ1) is 9.97. The summed E-state index contributed by atoms with van der Waals surface area (Å²) in [6.45, 7) is 0. The van der Waals surface area contributed by atoms with Crippen molar-refractivity contribution in [3.05, 3.63) is 17.7 Å². The molecule has 3 heterocycles. The number of rotatable bonds is 1. The molecule has 0 bridgehead atoms. The lowest BCUT2D eigenvalue weighted by Gasteiger charge is -1.99. The Morgan fingerprint density at radius 1 is 1.18 bits per heavy atom. The predicted molar refractivity (Wildman–Crippen MR) is 60.6 cm³/mol. The zero-order chi connectivity index (χ0) is 12.0. The Kier molecular flexibility index (Phi) is 1.99. The smallest absolute Gasteiger partial charge is 0.251 e. The Hall–Kier alpha value is -2.22. The molecule has 2 N–H and O–H groups in total. The van der Waals surface area contributed by atoms with Crippen LogP contribution in [0.4, 0.5) is 5.82 Å². The zero-order valence-electron chi connectivity index (χ0n) is 8.74. The fourth-order valence-electron chi connectivity index (χ4n) is 1.54. The molecule has 0 aliphatic heterocycles. The van der Waals surface area contributed by atoms with Crippen LogP contribution in [0.15, 0.2) is 12.4 Å². The van der Waals surface area contributed by atoms with E-state index in [-0.39, 0.29) is 11.1 Å². The van der Waals surface area contributed by atoms with E-state index in [4.69, 9.17) is 17.3 Å². The maximum absolute atomic E-state index is 5.75. The normalized spacial score (nSPS) is 11.2. The molecule has 0 aromatic carbocycles. The van der Waals surface area contributed by atoms with Crippen molar-refractivity contribution in [2.75, 3.05) is 5.73 Å². The number of imidazole rings is 1. The molecule has 9 heteroatoms. The van der Waals surface area contributed by atoms with Gasteiger partial charge in [0.15, 0.2) is 17.0 Å². The first-order valence-electron chi connectivity index (χ1n) is 4.69. The number of aromatic nitrogens is 7. The second-order valence-electron chi connectivity index (χ2n) is 3.34. The van der Waals surface area contributed by atoms with E-state index in [1.807, 2.05) is 0 Å². The highest BCUT2D eigenvalue weighted by Gasteiger charge is 2.15. The fraction of sp³-hybridized carbons (Fsp3) is 0.125. The summed E-state index contributed by atoms with van der Waals surface area (Å²) >= 11 is 5.75. The third kappa shape index (κ3) is 1.41. The quantitative estimate of drug-likeness (QED) is 0.619. The summed E-state index contributed by atoms with van der Waals surface area (Å²) in [6, 6.07) is 0. The molecular weight excluding hydrogens is 244 g/mol. The van der Waals surface area contributed by atoms with Gasteiger partial charge in [0.2, 0.25) is 5.28 Å². The summed E-state index contributed by atoms with van der Waals surface area (Å²) in [7, 11) is 1.77. The summed E-state index contributed by atoms with van der Waals surface area (Å²) in [4.78, 5) is 13.6. The van der Waals surface area contributed by atoms with E-state index in [0.29, 0.717) is 17.1 Å². The number of anilines is 1. The van der Waals surface area contributed by atoms with Crippen LogP contribution in [0.2, 0.25) is 5.28 Å². The topological polar surface area (TPSA) is 100 Å². The van der Waals surface area contributed by atoms with Gasteiger partial charge in [-0.25, -0.2) is 4.98 Å². The minimum atomic E-state index is 0.0815. The summed E-state index contributed by atoms with van der Waals surface area (Å²) in [5, 5.41) is 8.07. The van der Waals surface area contributed by atoms with E-state index >= 15 is 0 Å². The highest BCUT2D eigenvalue weighted by Crippen LogP contribution is 2.20. The second-order valence-corrected chi connectivity index (χ2v) is 3.68. The van der Waals surface area contributed by atoms with Crippen molar-refractivity contribution in [1.82, 2.24) is 34.5 Å². The van der Waals surface area contributed by atoms with Crippen LogP contribution in [0.5, 0.6) is 0 Å². The number of hydrogen-bond acceptors (Lipinski definition) is 6. The average molecular weight is 251 g/mol.